The van der Waals surface area contributed by atoms with E-state index < -0.39 is 11.7 Å². The van der Waals surface area contributed by atoms with Crippen LogP contribution in [0.2, 0.25) is 0 Å². The quantitative estimate of drug-likeness (QED) is 0.546. The van der Waals surface area contributed by atoms with Crippen LogP contribution in [0.15, 0.2) is 62.8 Å². The van der Waals surface area contributed by atoms with Crippen LogP contribution >= 0.6 is 0 Å². The van der Waals surface area contributed by atoms with Crippen LogP contribution in [0.4, 0.5) is 0 Å². The Morgan fingerprint density at radius 3 is 2.76 bits per heavy atom. The van der Waals surface area contributed by atoms with Crippen LogP contribution in [0.5, 0.6) is 5.75 Å². The number of aryl methyl sites for hydroxylation is 2. The molecular weight excluding hydrogens is 368 g/mol. The fourth-order valence-corrected chi connectivity index (χ4v) is 3.52. The average molecular weight is 390 g/mol. The maximum atomic E-state index is 12.4. The van der Waals surface area contributed by atoms with Gasteiger partial charge in [-0.3, -0.25) is 4.79 Å². The molecule has 1 amide bonds. The minimum absolute atomic E-state index is 0.331. The summed E-state index contributed by atoms with van der Waals surface area (Å²) in [6.45, 7) is 3.50. The Morgan fingerprint density at radius 1 is 1.14 bits per heavy atom. The molecule has 1 heterocycles. The molecule has 0 saturated heterocycles. The zero-order valence-corrected chi connectivity index (χ0v) is 16.4. The molecule has 6 nitrogen and oxygen atoms in total. The first-order chi connectivity index (χ1) is 14.0. The maximum absolute atomic E-state index is 12.4. The van der Waals surface area contributed by atoms with Crippen molar-refractivity contribution in [3.05, 3.63) is 75.6 Å². The number of hydrogen-bond donors (Lipinski definition) is 1. The first kappa shape index (κ1) is 18.9. The normalized spacial score (nSPS) is 15.7. The smallest absolute Gasteiger partial charge is 0.336 e. The zero-order valence-electron chi connectivity index (χ0n) is 16.4. The van der Waals surface area contributed by atoms with Crippen molar-refractivity contribution in [1.82, 2.24) is 5.43 Å². The predicted molar refractivity (Wildman–Crippen MR) is 111 cm³/mol. The Bertz CT molecular complexity index is 1160. The van der Waals surface area contributed by atoms with Gasteiger partial charge in [0.15, 0.2) is 6.10 Å². The summed E-state index contributed by atoms with van der Waals surface area (Å²) in [5, 5.41) is 5.13. The average Bonchev–Trinajstić information content (AvgIpc) is 2.71. The van der Waals surface area contributed by atoms with E-state index in [1.54, 1.807) is 19.1 Å². The molecule has 4 rings (SSSR count). The highest BCUT2D eigenvalue weighted by Crippen LogP contribution is 2.23. The number of amides is 1. The van der Waals surface area contributed by atoms with Gasteiger partial charge in [0.05, 0.1) is 0 Å². The summed E-state index contributed by atoms with van der Waals surface area (Å²) in [7, 11) is 0. The van der Waals surface area contributed by atoms with Gasteiger partial charge in [-0.05, 0) is 55.5 Å². The van der Waals surface area contributed by atoms with Crippen LogP contribution in [0.3, 0.4) is 0 Å². The van der Waals surface area contributed by atoms with E-state index in [1.165, 1.54) is 17.2 Å². The molecule has 148 valence electrons. The minimum Gasteiger partial charge on any atom is -0.481 e. The van der Waals surface area contributed by atoms with Gasteiger partial charge in [0.1, 0.15) is 11.3 Å². The fourth-order valence-electron chi connectivity index (χ4n) is 3.52. The SMILES string of the molecule is Cc1cc(=O)oc2cc(O[C@H](C)C(=O)N/N=C3\CCc4ccccc4C3)ccc12. The first-order valence-corrected chi connectivity index (χ1v) is 9.63. The highest BCUT2D eigenvalue weighted by molar-refractivity contribution is 5.90. The molecule has 0 saturated carbocycles. The number of ether oxygens (including phenoxy) is 1. The lowest BCUT2D eigenvalue weighted by Gasteiger charge is -2.18. The minimum atomic E-state index is -0.746. The van der Waals surface area contributed by atoms with Crippen molar-refractivity contribution < 1.29 is 13.9 Å². The van der Waals surface area contributed by atoms with E-state index >= 15 is 0 Å². The van der Waals surface area contributed by atoms with Crippen LogP contribution in [0, 0.1) is 6.92 Å². The maximum Gasteiger partial charge on any atom is 0.336 e. The zero-order chi connectivity index (χ0) is 20.4. The van der Waals surface area contributed by atoms with Crippen molar-refractivity contribution in [1.29, 1.82) is 0 Å². The summed E-state index contributed by atoms with van der Waals surface area (Å²) in [6.07, 6.45) is 1.76. The molecule has 3 aromatic rings. The van der Waals surface area contributed by atoms with Gasteiger partial charge in [-0.15, -0.1) is 0 Å². The molecule has 1 atom stereocenters. The van der Waals surface area contributed by atoms with Crippen LogP contribution in [0.25, 0.3) is 11.0 Å². The van der Waals surface area contributed by atoms with Crippen LogP contribution in [-0.2, 0) is 17.6 Å². The van der Waals surface area contributed by atoms with Gasteiger partial charge in [-0.1, -0.05) is 24.3 Å². The monoisotopic (exact) mass is 390 g/mol. The van der Waals surface area contributed by atoms with E-state index in [4.69, 9.17) is 9.15 Å². The lowest BCUT2D eigenvalue weighted by atomic mass is 9.90. The number of rotatable bonds is 4. The number of fused-ring (bicyclic) bond motifs is 2. The van der Waals surface area contributed by atoms with Crippen molar-refractivity contribution in [2.75, 3.05) is 0 Å². The fraction of sp³-hybridized carbons (Fsp3) is 0.261. The third-order valence-corrected chi connectivity index (χ3v) is 5.12. The van der Waals surface area contributed by atoms with Crippen molar-refractivity contribution in [3.63, 3.8) is 0 Å². The van der Waals surface area contributed by atoms with Gasteiger partial charge < -0.3 is 9.15 Å². The van der Waals surface area contributed by atoms with Crippen molar-refractivity contribution in [2.24, 2.45) is 5.10 Å². The summed E-state index contributed by atoms with van der Waals surface area (Å²) in [5.41, 5.74) is 7.00. The molecular formula is C23H22N2O4. The summed E-state index contributed by atoms with van der Waals surface area (Å²) >= 11 is 0. The standard InChI is InChI=1S/C23H22N2O4/c1-14-11-22(26)29-21-13-19(9-10-20(14)21)28-15(2)23(27)25-24-18-8-7-16-5-3-4-6-17(16)12-18/h3-6,9-11,13,15H,7-8,12H2,1-2H3,(H,25,27)/b24-18+/t15-/m1/s1. The third-order valence-electron chi connectivity index (χ3n) is 5.12. The van der Waals surface area contributed by atoms with Crippen molar-refractivity contribution in [3.8, 4) is 5.75 Å². The molecule has 1 aromatic heterocycles. The summed E-state index contributed by atoms with van der Waals surface area (Å²) in [4.78, 5) is 24.0. The molecule has 0 radical (unpaired) electrons. The van der Waals surface area contributed by atoms with E-state index in [-0.39, 0.29) is 5.91 Å². The molecule has 1 aliphatic carbocycles. The van der Waals surface area contributed by atoms with Gasteiger partial charge in [0.25, 0.3) is 5.91 Å². The summed E-state index contributed by atoms with van der Waals surface area (Å²) < 4.78 is 10.9. The molecule has 1 N–H and O–H groups in total. The third kappa shape index (κ3) is 4.21. The van der Waals surface area contributed by atoms with Crippen LogP contribution in [0.1, 0.15) is 30.0 Å². The number of carbonyl (C=O) groups is 1. The van der Waals surface area contributed by atoms with Gasteiger partial charge in [0.2, 0.25) is 0 Å². The molecule has 29 heavy (non-hydrogen) atoms. The molecule has 0 spiro atoms. The predicted octanol–water partition coefficient (Wildman–Crippen LogP) is 3.53. The molecule has 0 bridgehead atoms. The largest absolute Gasteiger partial charge is 0.481 e. The Morgan fingerprint density at radius 2 is 1.93 bits per heavy atom. The second-order valence-electron chi connectivity index (χ2n) is 7.27. The highest BCUT2D eigenvalue weighted by Gasteiger charge is 2.17. The van der Waals surface area contributed by atoms with Crippen molar-refractivity contribution >= 4 is 22.6 Å². The topological polar surface area (TPSA) is 80.9 Å². The van der Waals surface area contributed by atoms with Crippen LogP contribution < -0.4 is 15.8 Å². The van der Waals surface area contributed by atoms with E-state index in [2.05, 4.69) is 22.7 Å². The lowest BCUT2D eigenvalue weighted by molar-refractivity contribution is -0.127. The number of hydrazone groups is 1. The Kier molecular flexibility index (Phi) is 5.16. The summed E-state index contributed by atoms with van der Waals surface area (Å²) in [6, 6.07) is 14.9. The van der Waals surface area contributed by atoms with Crippen molar-refractivity contribution in [2.45, 2.75) is 39.2 Å². The number of nitrogens with zero attached hydrogens (tertiary/aromatic N) is 1. The number of nitrogens with one attached hydrogen (secondary N) is 1. The van der Waals surface area contributed by atoms with E-state index in [1.807, 2.05) is 25.1 Å². The molecule has 1 aliphatic rings. The Labute approximate surface area is 168 Å². The first-order valence-electron chi connectivity index (χ1n) is 9.63. The second-order valence-corrected chi connectivity index (χ2v) is 7.27. The van der Waals surface area contributed by atoms with Gasteiger partial charge in [-0.2, -0.15) is 5.10 Å². The highest BCUT2D eigenvalue weighted by atomic mass is 16.5. The molecule has 0 fully saturated rings. The van der Waals surface area contributed by atoms with E-state index in [0.29, 0.717) is 11.3 Å². The van der Waals surface area contributed by atoms with Gasteiger partial charge in [-0.25, -0.2) is 10.2 Å². The summed E-state index contributed by atoms with van der Waals surface area (Å²) in [5.74, 6) is 0.121. The Balaban J connectivity index is 1.41. The number of benzene rings is 2. The second kappa shape index (κ2) is 7.91. The number of carbonyl (C=O) groups excluding carboxylic acids is 1. The molecule has 2 aromatic carbocycles. The molecule has 0 aliphatic heterocycles. The molecule has 0 unspecified atom stereocenters. The Hall–Kier alpha value is -3.41. The van der Waals surface area contributed by atoms with E-state index in [9.17, 15) is 9.59 Å². The van der Waals surface area contributed by atoms with E-state index in [0.717, 1.165) is 35.9 Å². The van der Waals surface area contributed by atoms with Gasteiger partial charge in [0, 0.05) is 29.7 Å². The van der Waals surface area contributed by atoms with Crippen LogP contribution in [-0.4, -0.2) is 17.7 Å². The van der Waals surface area contributed by atoms with Gasteiger partial charge >= 0.3 is 5.63 Å². The molecule has 6 heteroatoms. The number of hydrogen-bond acceptors (Lipinski definition) is 5. The lowest BCUT2D eigenvalue weighted by Crippen LogP contribution is -2.34.